The van der Waals surface area contributed by atoms with E-state index in [0.717, 1.165) is 69.6 Å². The molecule has 0 radical (unpaired) electrons. The summed E-state index contributed by atoms with van der Waals surface area (Å²) in [7, 11) is 0. The molecule has 0 aromatic carbocycles. The van der Waals surface area contributed by atoms with E-state index in [9.17, 15) is 14.4 Å². The maximum absolute atomic E-state index is 12.7. The van der Waals surface area contributed by atoms with Crippen LogP contribution in [0.1, 0.15) is 266 Å². The zero-order chi connectivity index (χ0) is 40.5. The van der Waals surface area contributed by atoms with Gasteiger partial charge in [-0.1, -0.05) is 227 Å². The number of carbonyl (C=O) groups is 3. The maximum Gasteiger partial charge on any atom is 0.306 e. The molecule has 0 heterocycles. The van der Waals surface area contributed by atoms with E-state index in [4.69, 9.17) is 14.2 Å². The van der Waals surface area contributed by atoms with Gasteiger partial charge in [0.1, 0.15) is 13.2 Å². The topological polar surface area (TPSA) is 78.9 Å². The lowest BCUT2D eigenvalue weighted by Crippen LogP contribution is -2.30. The van der Waals surface area contributed by atoms with Crippen LogP contribution in [0.2, 0.25) is 0 Å². The molecule has 0 aliphatic heterocycles. The molecule has 0 fully saturated rings. The molecule has 6 nitrogen and oxygen atoms in total. The van der Waals surface area contributed by atoms with Gasteiger partial charge < -0.3 is 14.2 Å². The van der Waals surface area contributed by atoms with E-state index in [0.29, 0.717) is 19.3 Å². The van der Waals surface area contributed by atoms with E-state index >= 15 is 0 Å². The minimum atomic E-state index is -0.761. The largest absolute Gasteiger partial charge is 0.462 e. The first-order chi connectivity index (χ1) is 26.8. The normalized spacial score (nSPS) is 12.5. The highest BCUT2D eigenvalue weighted by Gasteiger charge is 2.19. The molecule has 1 unspecified atom stereocenters. The summed E-state index contributed by atoms with van der Waals surface area (Å²) in [6.07, 6.45) is 40.8. The quantitative estimate of drug-likeness (QED) is 0.0348. The van der Waals surface area contributed by atoms with E-state index < -0.39 is 6.10 Å². The standard InChI is InChI=1S/C49H94O6/c1-6-8-9-10-11-12-13-14-15-16-17-26-31-36-41-49(52)55-46(42-53-47(50)39-34-29-24-20-18-22-27-32-37-44(3)4)43-54-48(51)40-35-30-25-21-19-23-28-33-38-45(5)7-2/h44-46H,6-43H2,1-5H3/t45?,46-/m1/s1. The third kappa shape index (κ3) is 41.9. The molecule has 0 rings (SSSR count). The van der Waals surface area contributed by atoms with Crippen molar-refractivity contribution in [3.05, 3.63) is 0 Å². The summed E-state index contributed by atoms with van der Waals surface area (Å²) < 4.78 is 16.8. The van der Waals surface area contributed by atoms with Gasteiger partial charge in [0.15, 0.2) is 6.10 Å². The second kappa shape index (κ2) is 42.0. The van der Waals surface area contributed by atoms with E-state index in [-0.39, 0.29) is 31.1 Å². The van der Waals surface area contributed by atoms with Gasteiger partial charge in [0, 0.05) is 19.3 Å². The SMILES string of the molecule is CCCCCCCCCCCCCCCCC(=O)O[C@H](COC(=O)CCCCCCCCCCC(C)C)COC(=O)CCCCCCCCCCC(C)CC. The fourth-order valence-corrected chi connectivity index (χ4v) is 7.25. The number of carbonyl (C=O) groups excluding carboxylic acids is 3. The molecule has 0 aromatic rings. The minimum Gasteiger partial charge on any atom is -0.462 e. The highest BCUT2D eigenvalue weighted by atomic mass is 16.6. The first-order valence-electron chi connectivity index (χ1n) is 24.3. The summed E-state index contributed by atoms with van der Waals surface area (Å²) in [5.41, 5.74) is 0. The monoisotopic (exact) mass is 779 g/mol. The smallest absolute Gasteiger partial charge is 0.306 e. The van der Waals surface area contributed by atoms with Crippen molar-refractivity contribution in [2.24, 2.45) is 11.8 Å². The van der Waals surface area contributed by atoms with E-state index in [1.165, 1.54) is 154 Å². The zero-order valence-corrected chi connectivity index (χ0v) is 37.6. The molecular formula is C49H94O6. The summed E-state index contributed by atoms with van der Waals surface area (Å²) in [5, 5.41) is 0. The number of unbranched alkanes of at least 4 members (excludes halogenated alkanes) is 27. The Morgan fingerprint density at radius 3 is 1.04 bits per heavy atom. The second-order valence-corrected chi connectivity index (χ2v) is 17.5. The fraction of sp³-hybridized carbons (Fsp3) is 0.939. The predicted octanol–water partition coefficient (Wildman–Crippen LogP) is 15.4. The Bertz CT molecular complexity index is 841. The summed E-state index contributed by atoms with van der Waals surface area (Å²) in [4.78, 5) is 37.8. The van der Waals surface area contributed by atoms with Gasteiger partial charge in [-0.2, -0.15) is 0 Å². The molecule has 2 atom stereocenters. The van der Waals surface area contributed by atoms with Gasteiger partial charge in [-0.3, -0.25) is 14.4 Å². The molecule has 55 heavy (non-hydrogen) atoms. The van der Waals surface area contributed by atoms with E-state index in [1.807, 2.05) is 0 Å². The van der Waals surface area contributed by atoms with Crippen LogP contribution in [0.25, 0.3) is 0 Å². The number of ether oxygens (including phenoxy) is 3. The van der Waals surface area contributed by atoms with Crippen molar-refractivity contribution in [1.29, 1.82) is 0 Å². The summed E-state index contributed by atoms with van der Waals surface area (Å²) in [6, 6.07) is 0. The van der Waals surface area contributed by atoms with Crippen molar-refractivity contribution in [3.8, 4) is 0 Å². The molecule has 6 heteroatoms. The van der Waals surface area contributed by atoms with Gasteiger partial charge in [0.05, 0.1) is 0 Å². The third-order valence-corrected chi connectivity index (χ3v) is 11.3. The van der Waals surface area contributed by atoms with Gasteiger partial charge in [0.25, 0.3) is 0 Å². The maximum atomic E-state index is 12.7. The van der Waals surface area contributed by atoms with Crippen molar-refractivity contribution in [2.45, 2.75) is 272 Å². The second-order valence-electron chi connectivity index (χ2n) is 17.5. The summed E-state index contributed by atoms with van der Waals surface area (Å²) >= 11 is 0. The van der Waals surface area contributed by atoms with Crippen LogP contribution in [0.15, 0.2) is 0 Å². The Kier molecular flexibility index (Phi) is 40.8. The highest BCUT2D eigenvalue weighted by molar-refractivity contribution is 5.71. The molecule has 0 N–H and O–H groups in total. The third-order valence-electron chi connectivity index (χ3n) is 11.3. The summed E-state index contributed by atoms with van der Waals surface area (Å²) in [5.74, 6) is 0.789. The highest BCUT2D eigenvalue weighted by Crippen LogP contribution is 2.17. The van der Waals surface area contributed by atoms with Gasteiger partial charge in [-0.25, -0.2) is 0 Å². The predicted molar refractivity (Wildman–Crippen MR) is 233 cm³/mol. The van der Waals surface area contributed by atoms with E-state index in [2.05, 4.69) is 34.6 Å². The first kappa shape index (κ1) is 53.4. The van der Waals surface area contributed by atoms with Gasteiger partial charge in [-0.05, 0) is 31.1 Å². The van der Waals surface area contributed by atoms with Crippen LogP contribution >= 0.6 is 0 Å². The van der Waals surface area contributed by atoms with E-state index in [1.54, 1.807) is 0 Å². The lowest BCUT2D eigenvalue weighted by molar-refractivity contribution is -0.167. The lowest BCUT2D eigenvalue weighted by Gasteiger charge is -2.18. The minimum absolute atomic E-state index is 0.0651. The van der Waals surface area contributed by atoms with Crippen LogP contribution in [0.3, 0.4) is 0 Å². The molecule has 326 valence electrons. The Hall–Kier alpha value is -1.59. The Morgan fingerprint density at radius 1 is 0.382 bits per heavy atom. The Morgan fingerprint density at radius 2 is 0.691 bits per heavy atom. The number of rotatable bonds is 43. The van der Waals surface area contributed by atoms with Crippen LogP contribution in [-0.4, -0.2) is 37.2 Å². The molecule has 0 spiro atoms. The zero-order valence-electron chi connectivity index (χ0n) is 37.6. The molecule has 0 aliphatic rings. The van der Waals surface area contributed by atoms with Crippen molar-refractivity contribution >= 4 is 17.9 Å². The van der Waals surface area contributed by atoms with Crippen molar-refractivity contribution in [2.75, 3.05) is 13.2 Å². The van der Waals surface area contributed by atoms with Crippen LogP contribution in [0.5, 0.6) is 0 Å². The van der Waals surface area contributed by atoms with Crippen LogP contribution < -0.4 is 0 Å². The molecule has 0 amide bonds. The van der Waals surface area contributed by atoms with Crippen molar-refractivity contribution < 1.29 is 28.6 Å². The van der Waals surface area contributed by atoms with Gasteiger partial charge >= 0.3 is 17.9 Å². The molecule has 0 bridgehead atoms. The molecular weight excluding hydrogens is 685 g/mol. The lowest BCUT2D eigenvalue weighted by atomic mass is 9.99. The Balaban J connectivity index is 4.34. The van der Waals surface area contributed by atoms with Crippen molar-refractivity contribution in [3.63, 3.8) is 0 Å². The first-order valence-corrected chi connectivity index (χ1v) is 24.3. The summed E-state index contributed by atoms with van der Waals surface area (Å²) in [6.45, 7) is 11.3. The molecule has 0 saturated heterocycles. The van der Waals surface area contributed by atoms with Crippen molar-refractivity contribution in [1.82, 2.24) is 0 Å². The molecule has 0 aliphatic carbocycles. The Labute approximate surface area is 342 Å². The number of hydrogen-bond donors (Lipinski definition) is 0. The fourth-order valence-electron chi connectivity index (χ4n) is 7.25. The number of esters is 3. The average molecular weight is 779 g/mol. The van der Waals surface area contributed by atoms with Crippen LogP contribution in [-0.2, 0) is 28.6 Å². The van der Waals surface area contributed by atoms with Crippen LogP contribution in [0, 0.1) is 11.8 Å². The van der Waals surface area contributed by atoms with Crippen LogP contribution in [0.4, 0.5) is 0 Å². The van der Waals surface area contributed by atoms with Gasteiger partial charge in [0.2, 0.25) is 0 Å². The molecule has 0 saturated carbocycles. The van der Waals surface area contributed by atoms with Gasteiger partial charge in [-0.15, -0.1) is 0 Å². The average Bonchev–Trinajstić information content (AvgIpc) is 3.17. The molecule has 0 aromatic heterocycles. The number of hydrogen-bond acceptors (Lipinski definition) is 6.